The summed E-state index contributed by atoms with van der Waals surface area (Å²) in [5.74, 6) is 0.378. The monoisotopic (exact) mass is 534 g/mol. The van der Waals surface area contributed by atoms with E-state index in [-0.39, 0.29) is 40.6 Å². The summed E-state index contributed by atoms with van der Waals surface area (Å²) in [6, 6.07) is 12.6. The number of anilines is 1. The molecule has 2 aromatic carbocycles. The SMILES string of the molecule is Cc1cccc(-n2nc(C(C)(C)C)c3c2N(CC(=O)N2CCCC2)C(=O)CS[C@@H]3c2ccc(F)cc2)c1C. The van der Waals surface area contributed by atoms with Gasteiger partial charge in [0.25, 0.3) is 0 Å². The Morgan fingerprint density at radius 1 is 1.08 bits per heavy atom. The average molecular weight is 535 g/mol. The normalized spacial score (nSPS) is 18.1. The third kappa shape index (κ3) is 4.86. The highest BCUT2D eigenvalue weighted by molar-refractivity contribution is 8.00. The summed E-state index contributed by atoms with van der Waals surface area (Å²) in [4.78, 5) is 30.7. The van der Waals surface area contributed by atoms with Crippen molar-refractivity contribution in [3.05, 3.63) is 76.2 Å². The van der Waals surface area contributed by atoms with Gasteiger partial charge in [0, 0.05) is 24.1 Å². The quantitative estimate of drug-likeness (QED) is 0.430. The van der Waals surface area contributed by atoms with Gasteiger partial charge in [-0.15, -0.1) is 11.8 Å². The molecule has 3 heterocycles. The molecule has 0 bridgehead atoms. The van der Waals surface area contributed by atoms with Crippen LogP contribution in [0.1, 0.15) is 66.8 Å². The Balaban J connectivity index is 1.78. The molecule has 38 heavy (non-hydrogen) atoms. The first-order chi connectivity index (χ1) is 18.1. The number of carbonyl (C=O) groups excluding carboxylic acids is 2. The second-order valence-corrected chi connectivity index (χ2v) is 12.4. The lowest BCUT2D eigenvalue weighted by atomic mass is 9.87. The van der Waals surface area contributed by atoms with Crippen LogP contribution in [-0.2, 0) is 15.0 Å². The van der Waals surface area contributed by atoms with Crippen molar-refractivity contribution in [3.8, 4) is 5.69 Å². The summed E-state index contributed by atoms with van der Waals surface area (Å²) in [5.41, 5.74) is 5.40. The van der Waals surface area contributed by atoms with Crippen molar-refractivity contribution < 1.29 is 14.0 Å². The van der Waals surface area contributed by atoms with E-state index in [0.717, 1.165) is 59.6 Å². The van der Waals surface area contributed by atoms with Gasteiger partial charge in [-0.25, -0.2) is 9.07 Å². The number of aromatic nitrogens is 2. The number of hydrogen-bond acceptors (Lipinski definition) is 4. The lowest BCUT2D eigenvalue weighted by Crippen LogP contribution is -2.43. The van der Waals surface area contributed by atoms with E-state index < -0.39 is 0 Å². The molecule has 0 spiro atoms. The number of rotatable bonds is 4. The van der Waals surface area contributed by atoms with Gasteiger partial charge in [0.15, 0.2) is 0 Å². The Morgan fingerprint density at radius 2 is 1.76 bits per heavy atom. The number of aryl methyl sites for hydroxylation is 1. The molecule has 200 valence electrons. The van der Waals surface area contributed by atoms with E-state index >= 15 is 0 Å². The fourth-order valence-corrected chi connectivity index (χ4v) is 6.51. The first-order valence-electron chi connectivity index (χ1n) is 13.2. The molecule has 2 amide bonds. The number of fused-ring (bicyclic) bond motifs is 1. The van der Waals surface area contributed by atoms with Crippen LogP contribution in [0.25, 0.3) is 5.69 Å². The summed E-state index contributed by atoms with van der Waals surface area (Å²) >= 11 is 1.51. The second kappa shape index (κ2) is 10.2. The molecule has 2 aliphatic rings. The van der Waals surface area contributed by atoms with Crippen LogP contribution in [-0.4, -0.2) is 51.9 Å². The molecule has 8 heteroatoms. The smallest absolute Gasteiger partial charge is 0.242 e. The predicted molar refractivity (Wildman–Crippen MR) is 151 cm³/mol. The van der Waals surface area contributed by atoms with Crippen molar-refractivity contribution in [2.75, 3.05) is 30.3 Å². The molecule has 2 aliphatic heterocycles. The maximum Gasteiger partial charge on any atom is 0.242 e. The van der Waals surface area contributed by atoms with Gasteiger partial charge in [-0.3, -0.25) is 14.5 Å². The van der Waals surface area contributed by atoms with Gasteiger partial charge in [0.2, 0.25) is 11.8 Å². The molecular formula is C30H35FN4O2S. The zero-order chi connectivity index (χ0) is 27.2. The average Bonchev–Trinajstić information content (AvgIpc) is 3.52. The fraction of sp³-hybridized carbons (Fsp3) is 0.433. The number of amides is 2. The van der Waals surface area contributed by atoms with Crippen molar-refractivity contribution in [1.82, 2.24) is 14.7 Å². The molecule has 0 saturated carbocycles. The van der Waals surface area contributed by atoms with Gasteiger partial charge in [0.1, 0.15) is 18.2 Å². The summed E-state index contributed by atoms with van der Waals surface area (Å²) in [6.45, 7) is 11.9. The fourth-order valence-electron chi connectivity index (χ4n) is 5.31. The third-order valence-electron chi connectivity index (χ3n) is 7.53. The van der Waals surface area contributed by atoms with E-state index in [4.69, 9.17) is 5.10 Å². The summed E-state index contributed by atoms with van der Waals surface area (Å²) in [5, 5.41) is 4.93. The van der Waals surface area contributed by atoms with E-state index in [1.807, 2.05) is 21.7 Å². The lowest BCUT2D eigenvalue weighted by Gasteiger charge is -2.26. The lowest BCUT2D eigenvalue weighted by molar-refractivity contribution is -0.130. The highest BCUT2D eigenvalue weighted by Crippen LogP contribution is 2.48. The molecule has 1 atom stereocenters. The number of carbonyl (C=O) groups is 2. The molecule has 1 saturated heterocycles. The Kier molecular flexibility index (Phi) is 7.11. The summed E-state index contributed by atoms with van der Waals surface area (Å²) in [7, 11) is 0. The molecule has 0 radical (unpaired) electrons. The number of halogens is 1. The largest absolute Gasteiger partial charge is 0.341 e. The standard InChI is InChI=1S/C30H35FN4O2S/c1-19-9-8-10-23(20(19)2)35-29-26(28(32-35)30(3,4)5)27(21-11-13-22(31)14-12-21)38-18-25(37)34(29)17-24(36)33-15-6-7-16-33/h8-14,27H,6-7,15-18H2,1-5H3/t27-/m1/s1. The topological polar surface area (TPSA) is 58.4 Å². The van der Waals surface area contributed by atoms with E-state index in [1.165, 1.54) is 23.9 Å². The van der Waals surface area contributed by atoms with E-state index in [9.17, 15) is 14.0 Å². The molecule has 0 N–H and O–H groups in total. The minimum atomic E-state index is -0.343. The van der Waals surface area contributed by atoms with Crippen LogP contribution in [0.5, 0.6) is 0 Å². The van der Waals surface area contributed by atoms with Gasteiger partial charge in [0.05, 0.1) is 22.4 Å². The molecule has 0 unspecified atom stereocenters. The van der Waals surface area contributed by atoms with Crippen molar-refractivity contribution in [2.24, 2.45) is 0 Å². The summed E-state index contributed by atoms with van der Waals surface area (Å²) < 4.78 is 15.8. The van der Waals surface area contributed by atoms with Gasteiger partial charge < -0.3 is 4.90 Å². The first kappa shape index (κ1) is 26.5. The Hall–Kier alpha value is -3.13. The van der Waals surface area contributed by atoms with E-state index in [0.29, 0.717) is 5.82 Å². The Labute approximate surface area is 228 Å². The van der Waals surface area contributed by atoms with E-state index in [1.54, 1.807) is 17.0 Å². The number of nitrogens with zero attached hydrogens (tertiary/aromatic N) is 4. The van der Waals surface area contributed by atoms with Crippen molar-refractivity contribution in [2.45, 2.75) is 58.1 Å². The van der Waals surface area contributed by atoms with Gasteiger partial charge in [-0.05, 0) is 61.6 Å². The van der Waals surface area contributed by atoms with Crippen LogP contribution in [0, 0.1) is 19.7 Å². The number of likely N-dealkylation sites (tertiary alicyclic amines) is 1. The Morgan fingerprint density at radius 3 is 2.42 bits per heavy atom. The van der Waals surface area contributed by atoms with E-state index in [2.05, 4.69) is 40.7 Å². The van der Waals surface area contributed by atoms with Crippen LogP contribution in [0.4, 0.5) is 10.2 Å². The molecule has 3 aromatic rings. The molecule has 1 fully saturated rings. The summed E-state index contributed by atoms with van der Waals surface area (Å²) in [6.07, 6.45) is 1.98. The predicted octanol–water partition coefficient (Wildman–Crippen LogP) is 5.72. The number of hydrogen-bond donors (Lipinski definition) is 0. The second-order valence-electron chi connectivity index (χ2n) is 11.3. The van der Waals surface area contributed by atoms with Crippen LogP contribution in [0.15, 0.2) is 42.5 Å². The van der Waals surface area contributed by atoms with Crippen LogP contribution >= 0.6 is 11.8 Å². The van der Waals surface area contributed by atoms with Crippen molar-refractivity contribution in [1.29, 1.82) is 0 Å². The highest BCUT2D eigenvalue weighted by Gasteiger charge is 2.40. The number of thioether (sulfide) groups is 1. The third-order valence-corrected chi connectivity index (χ3v) is 8.78. The van der Waals surface area contributed by atoms with Gasteiger partial charge in [-0.1, -0.05) is 45.0 Å². The molecular weight excluding hydrogens is 499 g/mol. The van der Waals surface area contributed by atoms with Crippen molar-refractivity contribution in [3.63, 3.8) is 0 Å². The zero-order valence-electron chi connectivity index (χ0n) is 22.8. The van der Waals surface area contributed by atoms with Crippen LogP contribution < -0.4 is 4.90 Å². The van der Waals surface area contributed by atoms with Crippen LogP contribution in [0.3, 0.4) is 0 Å². The maximum atomic E-state index is 13.9. The van der Waals surface area contributed by atoms with Gasteiger partial charge >= 0.3 is 0 Å². The van der Waals surface area contributed by atoms with Gasteiger partial charge in [-0.2, -0.15) is 5.10 Å². The number of benzene rings is 2. The zero-order valence-corrected chi connectivity index (χ0v) is 23.6. The Bertz CT molecular complexity index is 1370. The van der Waals surface area contributed by atoms with Crippen molar-refractivity contribution >= 4 is 29.4 Å². The molecule has 6 nitrogen and oxygen atoms in total. The molecule has 5 rings (SSSR count). The minimum absolute atomic E-state index is 0.0251. The molecule has 0 aliphatic carbocycles. The van der Waals surface area contributed by atoms with Crippen LogP contribution in [0.2, 0.25) is 0 Å². The highest BCUT2D eigenvalue weighted by atomic mass is 32.2. The minimum Gasteiger partial charge on any atom is -0.341 e. The first-order valence-corrected chi connectivity index (χ1v) is 14.3. The maximum absolute atomic E-state index is 13.9. The molecule has 1 aromatic heterocycles.